The summed E-state index contributed by atoms with van der Waals surface area (Å²) in [6.07, 6.45) is 0. The fraction of sp³-hybridized carbons (Fsp3) is 0.222. The smallest absolute Gasteiger partial charge is 0.256 e. The van der Waals surface area contributed by atoms with Crippen LogP contribution in [0, 0.1) is 13.8 Å². The Labute approximate surface area is 155 Å². The number of carbonyl (C=O) groups excluding carboxylic acids is 2. The number of fused-ring (bicyclic) bond motifs is 1. The molecule has 0 aliphatic heterocycles. The summed E-state index contributed by atoms with van der Waals surface area (Å²) in [5.74, 6) is -0.680. The van der Waals surface area contributed by atoms with Gasteiger partial charge in [-0.2, -0.15) is 5.10 Å². The average Bonchev–Trinajstić information content (AvgIpc) is 2.89. The molecular weight excluding hydrogens is 354 g/mol. The number of amides is 2. The fourth-order valence-electron chi connectivity index (χ4n) is 2.89. The van der Waals surface area contributed by atoms with Gasteiger partial charge in [0.25, 0.3) is 11.8 Å². The molecule has 3 rings (SSSR count). The zero-order chi connectivity index (χ0) is 19.0. The van der Waals surface area contributed by atoms with Crippen molar-refractivity contribution in [1.29, 1.82) is 0 Å². The van der Waals surface area contributed by atoms with Crippen molar-refractivity contribution in [3.05, 3.63) is 51.8 Å². The van der Waals surface area contributed by atoms with Crippen molar-refractivity contribution >= 4 is 40.1 Å². The molecule has 2 amide bonds. The van der Waals surface area contributed by atoms with Crippen molar-refractivity contribution < 1.29 is 9.59 Å². The van der Waals surface area contributed by atoms with Gasteiger partial charge in [0, 0.05) is 24.8 Å². The van der Waals surface area contributed by atoms with Crippen molar-refractivity contribution in [2.75, 3.05) is 12.4 Å². The summed E-state index contributed by atoms with van der Waals surface area (Å²) in [5, 5.41) is 10.8. The molecule has 0 atom stereocenters. The largest absolute Gasteiger partial charge is 0.355 e. The molecule has 0 saturated carbocycles. The third-order valence-electron chi connectivity index (χ3n) is 4.04. The molecule has 3 aromatic rings. The number of anilines is 1. The average molecular weight is 372 g/mol. The van der Waals surface area contributed by atoms with Crippen LogP contribution in [0.5, 0.6) is 0 Å². The number of halogens is 1. The van der Waals surface area contributed by atoms with Crippen LogP contribution in [0.2, 0.25) is 5.02 Å². The SMILES string of the molecule is CNC(=O)c1cc(Cl)ccc1NC(=O)c1cc(C)nc2c1c(C)nn2C. The maximum Gasteiger partial charge on any atom is 0.256 e. The summed E-state index contributed by atoms with van der Waals surface area (Å²) >= 11 is 5.98. The van der Waals surface area contributed by atoms with Crippen molar-refractivity contribution in [3.8, 4) is 0 Å². The molecule has 134 valence electrons. The van der Waals surface area contributed by atoms with E-state index in [9.17, 15) is 9.59 Å². The summed E-state index contributed by atoms with van der Waals surface area (Å²) in [5.41, 5.74) is 3.17. The van der Waals surface area contributed by atoms with Gasteiger partial charge < -0.3 is 10.6 Å². The van der Waals surface area contributed by atoms with Crippen LogP contribution in [0.4, 0.5) is 5.69 Å². The molecule has 0 saturated heterocycles. The third kappa shape index (κ3) is 3.13. The molecule has 26 heavy (non-hydrogen) atoms. The van der Waals surface area contributed by atoms with Crippen molar-refractivity contribution in [1.82, 2.24) is 20.1 Å². The zero-order valence-corrected chi connectivity index (χ0v) is 15.6. The highest BCUT2D eigenvalue weighted by molar-refractivity contribution is 6.31. The minimum Gasteiger partial charge on any atom is -0.355 e. The second-order valence-electron chi connectivity index (χ2n) is 5.94. The molecule has 0 bridgehead atoms. The Morgan fingerprint density at radius 1 is 1.12 bits per heavy atom. The first-order valence-corrected chi connectivity index (χ1v) is 8.33. The van der Waals surface area contributed by atoms with Crippen molar-refractivity contribution in [3.63, 3.8) is 0 Å². The van der Waals surface area contributed by atoms with Crippen molar-refractivity contribution in [2.45, 2.75) is 13.8 Å². The highest BCUT2D eigenvalue weighted by Gasteiger charge is 2.20. The maximum absolute atomic E-state index is 12.9. The van der Waals surface area contributed by atoms with Gasteiger partial charge in [-0.1, -0.05) is 11.6 Å². The first kappa shape index (κ1) is 17.9. The number of carbonyl (C=O) groups is 2. The summed E-state index contributed by atoms with van der Waals surface area (Å²) < 4.78 is 1.65. The Kier molecular flexibility index (Phi) is 4.65. The van der Waals surface area contributed by atoms with Crippen LogP contribution in [0.1, 0.15) is 32.1 Å². The molecule has 0 aliphatic rings. The van der Waals surface area contributed by atoms with E-state index in [0.717, 1.165) is 0 Å². The van der Waals surface area contributed by atoms with Gasteiger partial charge >= 0.3 is 0 Å². The van der Waals surface area contributed by atoms with Gasteiger partial charge in [-0.3, -0.25) is 14.3 Å². The normalized spacial score (nSPS) is 10.8. The van der Waals surface area contributed by atoms with E-state index in [1.165, 1.54) is 13.1 Å². The molecule has 2 aromatic heterocycles. The van der Waals surface area contributed by atoms with E-state index in [1.807, 2.05) is 13.8 Å². The molecule has 0 aliphatic carbocycles. The van der Waals surface area contributed by atoms with Crippen LogP contribution in [-0.2, 0) is 7.05 Å². The summed E-state index contributed by atoms with van der Waals surface area (Å²) in [7, 11) is 3.30. The predicted molar refractivity (Wildman–Crippen MR) is 101 cm³/mol. The standard InChI is InChI=1S/C18H18ClN5O2/c1-9-7-13(15-10(2)23-24(4)16(15)21-9)18(26)22-14-6-5-11(19)8-12(14)17(25)20-3/h5-8H,1-4H3,(H,20,25)(H,22,26). The van der Waals surface area contributed by atoms with E-state index in [-0.39, 0.29) is 11.8 Å². The maximum atomic E-state index is 12.9. The van der Waals surface area contributed by atoms with Gasteiger partial charge in [-0.25, -0.2) is 4.98 Å². The number of benzene rings is 1. The lowest BCUT2D eigenvalue weighted by atomic mass is 10.1. The molecule has 2 N–H and O–H groups in total. The van der Waals surface area contributed by atoms with Crippen LogP contribution >= 0.6 is 11.6 Å². The summed E-state index contributed by atoms with van der Waals surface area (Å²) in [6.45, 7) is 3.64. The lowest BCUT2D eigenvalue weighted by molar-refractivity contribution is 0.0964. The second-order valence-corrected chi connectivity index (χ2v) is 6.38. The van der Waals surface area contributed by atoms with Crippen LogP contribution in [0.3, 0.4) is 0 Å². The number of hydrogen-bond acceptors (Lipinski definition) is 4. The molecule has 1 aromatic carbocycles. The van der Waals surface area contributed by atoms with E-state index >= 15 is 0 Å². The quantitative estimate of drug-likeness (QED) is 0.740. The first-order chi connectivity index (χ1) is 12.3. The number of nitrogens with zero attached hydrogens (tertiary/aromatic N) is 3. The molecular formula is C18H18ClN5O2. The Morgan fingerprint density at radius 2 is 1.85 bits per heavy atom. The van der Waals surface area contributed by atoms with Gasteiger partial charge in [-0.15, -0.1) is 0 Å². The number of pyridine rings is 1. The fourth-order valence-corrected chi connectivity index (χ4v) is 3.06. The first-order valence-electron chi connectivity index (χ1n) is 7.95. The molecule has 0 radical (unpaired) electrons. The molecule has 0 spiro atoms. The van der Waals surface area contributed by atoms with E-state index in [4.69, 9.17) is 11.6 Å². The van der Waals surface area contributed by atoms with Crippen LogP contribution in [0.15, 0.2) is 24.3 Å². The van der Waals surface area contributed by atoms with E-state index in [1.54, 1.807) is 29.9 Å². The van der Waals surface area contributed by atoms with Crippen molar-refractivity contribution in [2.24, 2.45) is 7.05 Å². The lowest BCUT2D eigenvalue weighted by Gasteiger charge is -2.12. The molecule has 0 unspecified atom stereocenters. The minimum atomic E-state index is -0.343. The van der Waals surface area contributed by atoms with Gasteiger partial charge in [0.15, 0.2) is 5.65 Å². The van der Waals surface area contributed by atoms with Gasteiger partial charge in [-0.05, 0) is 38.1 Å². The Bertz CT molecular complexity index is 1040. The second kappa shape index (κ2) is 6.76. The molecule has 7 nitrogen and oxygen atoms in total. The van der Waals surface area contributed by atoms with Gasteiger partial charge in [0.05, 0.1) is 27.9 Å². The topological polar surface area (TPSA) is 88.9 Å². The number of aryl methyl sites for hydroxylation is 3. The molecule has 2 heterocycles. The predicted octanol–water partition coefficient (Wildman–Crippen LogP) is 2.85. The van der Waals surface area contributed by atoms with E-state index < -0.39 is 0 Å². The number of nitrogens with one attached hydrogen (secondary N) is 2. The summed E-state index contributed by atoms with van der Waals surface area (Å²) in [6, 6.07) is 6.44. The minimum absolute atomic E-state index is 0.290. The van der Waals surface area contributed by atoms with Crippen LogP contribution in [0.25, 0.3) is 11.0 Å². The molecule has 8 heteroatoms. The summed E-state index contributed by atoms with van der Waals surface area (Å²) in [4.78, 5) is 29.5. The number of hydrogen-bond donors (Lipinski definition) is 2. The zero-order valence-electron chi connectivity index (χ0n) is 14.8. The Morgan fingerprint density at radius 3 is 2.54 bits per heavy atom. The highest BCUT2D eigenvalue weighted by Crippen LogP contribution is 2.25. The van der Waals surface area contributed by atoms with Crippen LogP contribution in [-0.4, -0.2) is 33.6 Å². The third-order valence-corrected chi connectivity index (χ3v) is 4.28. The number of aromatic nitrogens is 3. The monoisotopic (exact) mass is 371 g/mol. The highest BCUT2D eigenvalue weighted by atomic mass is 35.5. The van der Waals surface area contributed by atoms with Gasteiger partial charge in [0.1, 0.15) is 0 Å². The van der Waals surface area contributed by atoms with Crippen LogP contribution < -0.4 is 10.6 Å². The van der Waals surface area contributed by atoms with E-state index in [0.29, 0.717) is 44.3 Å². The lowest BCUT2D eigenvalue weighted by Crippen LogP contribution is -2.21. The van der Waals surface area contributed by atoms with E-state index in [2.05, 4.69) is 20.7 Å². The van der Waals surface area contributed by atoms with Gasteiger partial charge in [0.2, 0.25) is 0 Å². The molecule has 0 fully saturated rings. The number of rotatable bonds is 3. The Hall–Kier alpha value is -2.93. The Balaban J connectivity index is 2.08.